The normalized spacial score (nSPS) is 15.9. The summed E-state index contributed by atoms with van der Waals surface area (Å²) in [5.41, 5.74) is 0. The summed E-state index contributed by atoms with van der Waals surface area (Å²) >= 11 is 0. The van der Waals surface area contributed by atoms with Crippen LogP contribution < -0.4 is 5.40 Å². The Labute approximate surface area is 130 Å². The van der Waals surface area contributed by atoms with Gasteiger partial charge < -0.3 is 9.51 Å². The molecule has 121 valence electrons. The van der Waals surface area contributed by atoms with Gasteiger partial charge in [-0.25, -0.2) is 0 Å². The zero-order chi connectivity index (χ0) is 16.8. The molecule has 0 aromatic rings. The Morgan fingerprint density at radius 2 is 0.900 bits per heavy atom. The van der Waals surface area contributed by atoms with Gasteiger partial charge in [-0.3, -0.25) is 0 Å². The first-order valence-corrected chi connectivity index (χ1v) is 11.1. The Balaban J connectivity index is 5.80. The molecule has 2 N–H and O–H groups in total. The largest absolute Gasteiger partial charge is 0.443 e. The number of hydrogen-bond donors (Lipinski definition) is 1. The predicted molar refractivity (Wildman–Crippen MR) is 95.6 cm³/mol. The zero-order valence-corrected chi connectivity index (χ0v) is 18.0. The minimum absolute atomic E-state index is 0.0255. The van der Waals surface area contributed by atoms with Crippen LogP contribution in [0.15, 0.2) is 0 Å². The molecule has 4 heteroatoms. The van der Waals surface area contributed by atoms with Crippen LogP contribution in [-0.2, 0) is 4.12 Å². The summed E-state index contributed by atoms with van der Waals surface area (Å²) in [7, 11) is -3.45. The molecule has 0 aromatic heterocycles. The standard InChI is InChI=1S/C16H38NOSi2/c1-13(2,3)19(14(4,5)6)18-20(17,15(7,8)9)16(10,11)12/h17H2,1-12H3. The van der Waals surface area contributed by atoms with Crippen LogP contribution in [0.3, 0.4) is 0 Å². The van der Waals surface area contributed by atoms with Gasteiger partial charge >= 0.3 is 0 Å². The summed E-state index contributed by atoms with van der Waals surface area (Å²) in [5, 5.41) is 7.39. The molecule has 0 rings (SSSR count). The lowest BCUT2D eigenvalue weighted by atomic mass is 10.2. The molecule has 20 heavy (non-hydrogen) atoms. The Kier molecular flexibility index (Phi) is 5.62. The molecule has 0 aliphatic rings. The molecule has 0 saturated carbocycles. The van der Waals surface area contributed by atoms with Gasteiger partial charge in [0.05, 0.1) is 0 Å². The molecule has 0 atom stereocenters. The second kappa shape index (κ2) is 5.52. The molecule has 0 spiro atoms. The van der Waals surface area contributed by atoms with Crippen LogP contribution >= 0.6 is 0 Å². The van der Waals surface area contributed by atoms with E-state index in [9.17, 15) is 0 Å². The van der Waals surface area contributed by atoms with E-state index in [1.165, 1.54) is 0 Å². The quantitative estimate of drug-likeness (QED) is 0.673. The third kappa shape index (κ3) is 4.42. The minimum atomic E-state index is -2.39. The monoisotopic (exact) mass is 316 g/mol. The van der Waals surface area contributed by atoms with Crippen molar-refractivity contribution in [1.82, 2.24) is 0 Å². The van der Waals surface area contributed by atoms with Gasteiger partial charge in [-0.15, -0.1) is 0 Å². The van der Waals surface area contributed by atoms with Crippen LogP contribution in [0.2, 0.25) is 20.2 Å². The van der Waals surface area contributed by atoms with E-state index >= 15 is 0 Å². The highest BCUT2D eigenvalue weighted by molar-refractivity contribution is 6.83. The average Bonchev–Trinajstić information content (AvgIpc) is 2.05. The van der Waals surface area contributed by atoms with Crippen LogP contribution in [0.5, 0.6) is 0 Å². The summed E-state index contributed by atoms with van der Waals surface area (Å²) < 4.78 is 6.91. The third-order valence-corrected chi connectivity index (χ3v) is 13.1. The molecule has 0 aromatic carbocycles. The molecule has 0 amide bonds. The Morgan fingerprint density at radius 1 is 0.650 bits per heavy atom. The summed E-state index contributed by atoms with van der Waals surface area (Å²) in [6.45, 7) is 27.3. The maximum atomic E-state index is 6.99. The molecular weight excluding hydrogens is 278 g/mol. The molecule has 0 aliphatic heterocycles. The van der Waals surface area contributed by atoms with Gasteiger partial charge in [0.2, 0.25) is 9.04 Å². The molecule has 0 unspecified atom stereocenters. The molecule has 0 bridgehead atoms. The topological polar surface area (TPSA) is 35.2 Å². The van der Waals surface area contributed by atoms with Crippen molar-refractivity contribution in [3.8, 4) is 0 Å². The van der Waals surface area contributed by atoms with E-state index in [2.05, 4.69) is 83.1 Å². The van der Waals surface area contributed by atoms with E-state index in [0.717, 1.165) is 0 Å². The van der Waals surface area contributed by atoms with Crippen molar-refractivity contribution in [1.29, 1.82) is 0 Å². The summed E-state index contributed by atoms with van der Waals surface area (Å²) in [5.74, 6) is 0. The van der Waals surface area contributed by atoms with Gasteiger partial charge in [0.15, 0.2) is 0 Å². The van der Waals surface area contributed by atoms with E-state index in [0.29, 0.717) is 0 Å². The molecule has 0 fully saturated rings. The fourth-order valence-electron chi connectivity index (χ4n) is 3.02. The Hall–Kier alpha value is 0.354. The lowest BCUT2D eigenvalue weighted by Crippen LogP contribution is -2.66. The molecular formula is C16H38NOSi2. The van der Waals surface area contributed by atoms with E-state index in [4.69, 9.17) is 9.51 Å². The minimum Gasteiger partial charge on any atom is -0.443 e. The van der Waals surface area contributed by atoms with Crippen LogP contribution in [0, 0.1) is 0 Å². The van der Waals surface area contributed by atoms with Crippen molar-refractivity contribution in [3.05, 3.63) is 0 Å². The Morgan fingerprint density at radius 3 is 1.05 bits per heavy atom. The highest BCUT2D eigenvalue weighted by Gasteiger charge is 2.56. The fourth-order valence-corrected chi connectivity index (χ4v) is 13.7. The van der Waals surface area contributed by atoms with Crippen molar-refractivity contribution in [2.24, 2.45) is 5.40 Å². The van der Waals surface area contributed by atoms with E-state index in [1.807, 2.05) is 0 Å². The van der Waals surface area contributed by atoms with Gasteiger partial charge in [0.25, 0.3) is 8.48 Å². The van der Waals surface area contributed by atoms with Crippen molar-refractivity contribution in [2.45, 2.75) is 103 Å². The van der Waals surface area contributed by atoms with Gasteiger partial charge in [-0.2, -0.15) is 0 Å². The summed E-state index contributed by atoms with van der Waals surface area (Å²) in [6.07, 6.45) is 0. The van der Waals surface area contributed by atoms with Crippen molar-refractivity contribution in [2.75, 3.05) is 0 Å². The maximum Gasteiger partial charge on any atom is 0.266 e. The number of nitrogens with two attached hydrogens (primary N) is 1. The molecule has 1 radical (unpaired) electrons. The van der Waals surface area contributed by atoms with Gasteiger partial charge in [-0.05, 0) is 20.2 Å². The van der Waals surface area contributed by atoms with Gasteiger partial charge in [0, 0.05) is 0 Å². The lowest BCUT2D eigenvalue weighted by Gasteiger charge is -2.52. The molecule has 0 saturated heterocycles. The molecule has 0 aliphatic carbocycles. The maximum absolute atomic E-state index is 6.99. The molecule has 2 nitrogen and oxygen atoms in total. The van der Waals surface area contributed by atoms with Gasteiger partial charge in [-0.1, -0.05) is 83.1 Å². The van der Waals surface area contributed by atoms with Crippen molar-refractivity contribution >= 4 is 17.5 Å². The summed E-state index contributed by atoms with van der Waals surface area (Å²) in [6, 6.07) is 0. The van der Waals surface area contributed by atoms with Crippen LogP contribution in [0.25, 0.3) is 0 Å². The Bertz CT molecular complexity index is 298. The van der Waals surface area contributed by atoms with Crippen molar-refractivity contribution < 1.29 is 4.12 Å². The fraction of sp³-hybridized carbons (Fsp3) is 1.00. The van der Waals surface area contributed by atoms with E-state index < -0.39 is 17.5 Å². The zero-order valence-electron chi connectivity index (χ0n) is 16.0. The predicted octanol–water partition coefficient (Wildman–Crippen LogP) is 5.60. The third-order valence-electron chi connectivity index (χ3n) is 3.85. The lowest BCUT2D eigenvalue weighted by molar-refractivity contribution is 0.384. The second-order valence-corrected chi connectivity index (χ2v) is 19.1. The first-order chi connectivity index (χ1) is 8.34. The summed E-state index contributed by atoms with van der Waals surface area (Å²) in [4.78, 5) is 0. The van der Waals surface area contributed by atoms with Gasteiger partial charge in [0.1, 0.15) is 0 Å². The average molecular weight is 317 g/mol. The SMILES string of the molecule is CC(C)(C)[Si](O[Si](N)(C(C)(C)C)C(C)(C)C)C(C)(C)C. The first kappa shape index (κ1) is 20.4. The molecule has 0 heterocycles. The van der Waals surface area contributed by atoms with E-state index in [1.54, 1.807) is 0 Å². The number of rotatable bonds is 2. The highest BCUT2D eigenvalue weighted by atomic mass is 28.4. The number of hydrogen-bond acceptors (Lipinski definition) is 2. The van der Waals surface area contributed by atoms with Crippen LogP contribution in [0.1, 0.15) is 83.1 Å². The highest BCUT2D eigenvalue weighted by Crippen LogP contribution is 2.52. The smallest absolute Gasteiger partial charge is 0.266 e. The van der Waals surface area contributed by atoms with Crippen molar-refractivity contribution in [3.63, 3.8) is 0 Å². The van der Waals surface area contributed by atoms with Crippen LogP contribution in [-0.4, -0.2) is 17.5 Å². The second-order valence-electron chi connectivity index (χ2n) is 10.2. The first-order valence-electron chi connectivity index (χ1n) is 7.70. The van der Waals surface area contributed by atoms with Crippen LogP contribution in [0.4, 0.5) is 0 Å². The van der Waals surface area contributed by atoms with E-state index in [-0.39, 0.29) is 20.2 Å².